The van der Waals surface area contributed by atoms with Crippen LogP contribution in [0.25, 0.3) is 10.8 Å². The van der Waals surface area contributed by atoms with Gasteiger partial charge in [-0.2, -0.15) is 0 Å². The number of hydrogen-bond acceptors (Lipinski definition) is 2. The zero-order valence-corrected chi connectivity index (χ0v) is 15.1. The molecule has 1 unspecified atom stereocenters. The molecule has 3 aromatic carbocycles. The molecular formula is C23H25NO. The maximum atomic E-state index is 12.6. The number of rotatable bonds is 6. The molecule has 0 aromatic heterocycles. The lowest BCUT2D eigenvalue weighted by molar-refractivity contribution is -0.123. The fraction of sp³-hybridized carbons (Fsp3) is 0.261. The van der Waals surface area contributed by atoms with Gasteiger partial charge in [0.15, 0.2) is 5.78 Å². The van der Waals surface area contributed by atoms with Gasteiger partial charge in [-0.3, -0.25) is 9.69 Å². The summed E-state index contributed by atoms with van der Waals surface area (Å²) in [6.45, 7) is 6.76. The van der Waals surface area contributed by atoms with Crippen molar-refractivity contribution in [3.8, 4) is 0 Å². The number of hydrogen-bond donors (Lipinski definition) is 0. The highest BCUT2D eigenvalue weighted by Gasteiger charge is 2.27. The second-order valence-electron chi connectivity index (χ2n) is 6.87. The third kappa shape index (κ3) is 3.97. The average molecular weight is 331 g/mol. The third-order valence-electron chi connectivity index (χ3n) is 4.68. The lowest BCUT2D eigenvalue weighted by atomic mass is 9.96. The monoisotopic (exact) mass is 331 g/mol. The molecule has 0 N–H and O–H groups in total. The minimum Gasteiger partial charge on any atom is -0.298 e. The van der Waals surface area contributed by atoms with Crippen LogP contribution in [-0.2, 0) is 11.3 Å². The molecule has 0 fully saturated rings. The highest BCUT2D eigenvalue weighted by molar-refractivity contribution is 5.87. The first-order chi connectivity index (χ1) is 12.1. The molecule has 0 saturated carbocycles. The standard InChI is InChI=1S/C23H25NO/c1-17(2)24(16-19-9-5-4-6-10-19)23(18(3)25)22-14-13-20-11-7-8-12-21(20)15-22/h4-15,17,23H,16H2,1-3H3. The molecule has 0 aliphatic heterocycles. The van der Waals surface area contributed by atoms with Crippen molar-refractivity contribution in [1.82, 2.24) is 4.90 Å². The Kier molecular flexibility index (Phi) is 5.30. The van der Waals surface area contributed by atoms with Gasteiger partial charge in [0.05, 0.1) is 6.04 Å². The summed E-state index contributed by atoms with van der Waals surface area (Å²) in [6.07, 6.45) is 0. The Morgan fingerprint density at radius 3 is 2.16 bits per heavy atom. The molecule has 3 rings (SSSR count). The maximum absolute atomic E-state index is 12.6. The second kappa shape index (κ2) is 7.62. The van der Waals surface area contributed by atoms with Crippen LogP contribution in [0, 0.1) is 0 Å². The van der Waals surface area contributed by atoms with Gasteiger partial charge in [0.1, 0.15) is 0 Å². The Morgan fingerprint density at radius 2 is 1.52 bits per heavy atom. The predicted octanol–water partition coefficient (Wildman–Crippen LogP) is 5.38. The fourth-order valence-electron chi connectivity index (χ4n) is 3.40. The van der Waals surface area contributed by atoms with Gasteiger partial charge in [0.2, 0.25) is 0 Å². The summed E-state index contributed by atoms with van der Waals surface area (Å²) in [5, 5.41) is 2.38. The number of carbonyl (C=O) groups excluding carboxylic acids is 1. The Labute approximate surface area is 150 Å². The van der Waals surface area contributed by atoms with E-state index in [1.54, 1.807) is 6.92 Å². The van der Waals surface area contributed by atoms with Crippen LogP contribution in [0.4, 0.5) is 0 Å². The smallest absolute Gasteiger partial charge is 0.151 e. The predicted molar refractivity (Wildman–Crippen MR) is 104 cm³/mol. The van der Waals surface area contributed by atoms with E-state index in [9.17, 15) is 4.79 Å². The van der Waals surface area contributed by atoms with Gasteiger partial charge in [-0.25, -0.2) is 0 Å². The van der Waals surface area contributed by atoms with Crippen LogP contribution in [-0.4, -0.2) is 16.7 Å². The van der Waals surface area contributed by atoms with E-state index in [1.165, 1.54) is 16.3 Å². The summed E-state index contributed by atoms with van der Waals surface area (Å²) < 4.78 is 0. The summed E-state index contributed by atoms with van der Waals surface area (Å²) in [4.78, 5) is 14.9. The molecule has 3 aromatic rings. The molecular weight excluding hydrogens is 306 g/mol. The maximum Gasteiger partial charge on any atom is 0.151 e. The normalized spacial score (nSPS) is 12.7. The zero-order chi connectivity index (χ0) is 17.8. The van der Waals surface area contributed by atoms with Crippen molar-refractivity contribution in [3.63, 3.8) is 0 Å². The molecule has 0 spiro atoms. The number of fused-ring (bicyclic) bond motifs is 1. The first-order valence-corrected chi connectivity index (χ1v) is 8.85. The number of ketones is 1. The van der Waals surface area contributed by atoms with Crippen LogP contribution in [0.1, 0.15) is 37.9 Å². The highest BCUT2D eigenvalue weighted by Crippen LogP contribution is 2.28. The van der Waals surface area contributed by atoms with E-state index in [4.69, 9.17) is 0 Å². The van der Waals surface area contributed by atoms with Gasteiger partial charge in [-0.05, 0) is 48.7 Å². The van der Waals surface area contributed by atoms with E-state index in [0.29, 0.717) is 0 Å². The molecule has 0 bridgehead atoms. The molecule has 0 radical (unpaired) electrons. The molecule has 0 aliphatic carbocycles. The Balaban J connectivity index is 2.00. The minimum atomic E-state index is -0.232. The fourth-order valence-corrected chi connectivity index (χ4v) is 3.40. The molecule has 0 amide bonds. The van der Waals surface area contributed by atoms with E-state index in [-0.39, 0.29) is 17.9 Å². The quantitative estimate of drug-likeness (QED) is 0.604. The molecule has 25 heavy (non-hydrogen) atoms. The number of benzene rings is 3. The van der Waals surface area contributed by atoms with Crippen LogP contribution in [0.3, 0.4) is 0 Å². The van der Waals surface area contributed by atoms with Crippen molar-refractivity contribution in [2.24, 2.45) is 0 Å². The van der Waals surface area contributed by atoms with E-state index < -0.39 is 0 Å². The van der Waals surface area contributed by atoms with Gasteiger partial charge in [-0.1, -0.05) is 66.7 Å². The molecule has 2 nitrogen and oxygen atoms in total. The van der Waals surface area contributed by atoms with Crippen molar-refractivity contribution < 1.29 is 4.79 Å². The highest BCUT2D eigenvalue weighted by atomic mass is 16.1. The Morgan fingerprint density at radius 1 is 0.880 bits per heavy atom. The van der Waals surface area contributed by atoms with Gasteiger partial charge < -0.3 is 0 Å². The van der Waals surface area contributed by atoms with E-state index in [0.717, 1.165) is 12.1 Å². The van der Waals surface area contributed by atoms with Crippen molar-refractivity contribution in [1.29, 1.82) is 0 Å². The van der Waals surface area contributed by atoms with E-state index in [1.807, 2.05) is 30.3 Å². The van der Waals surface area contributed by atoms with Crippen LogP contribution >= 0.6 is 0 Å². The van der Waals surface area contributed by atoms with Crippen molar-refractivity contribution in [3.05, 3.63) is 83.9 Å². The molecule has 2 heteroatoms. The van der Waals surface area contributed by atoms with E-state index >= 15 is 0 Å². The third-order valence-corrected chi connectivity index (χ3v) is 4.68. The van der Waals surface area contributed by atoms with Gasteiger partial charge in [0.25, 0.3) is 0 Å². The number of Topliss-reactive ketones (excluding diaryl/α,β-unsaturated/α-hetero) is 1. The minimum absolute atomic E-state index is 0.180. The summed E-state index contributed by atoms with van der Waals surface area (Å²) in [6, 6.07) is 25.0. The number of nitrogens with zero attached hydrogens (tertiary/aromatic N) is 1. The van der Waals surface area contributed by atoms with E-state index in [2.05, 4.69) is 61.2 Å². The van der Waals surface area contributed by atoms with Gasteiger partial charge in [-0.15, -0.1) is 0 Å². The molecule has 128 valence electrons. The van der Waals surface area contributed by atoms with Crippen LogP contribution in [0.5, 0.6) is 0 Å². The van der Waals surface area contributed by atoms with Gasteiger partial charge in [0, 0.05) is 12.6 Å². The summed E-state index contributed by atoms with van der Waals surface area (Å²) in [5.74, 6) is 0.180. The Hall–Kier alpha value is -2.45. The van der Waals surface area contributed by atoms with Gasteiger partial charge >= 0.3 is 0 Å². The first kappa shape index (κ1) is 17.4. The van der Waals surface area contributed by atoms with Crippen molar-refractivity contribution in [2.45, 2.75) is 39.4 Å². The summed E-state index contributed by atoms with van der Waals surface area (Å²) in [7, 11) is 0. The summed E-state index contributed by atoms with van der Waals surface area (Å²) >= 11 is 0. The molecule has 0 aliphatic rings. The SMILES string of the molecule is CC(=O)C(c1ccc2ccccc2c1)N(Cc1ccccc1)C(C)C. The van der Waals surface area contributed by atoms with Crippen molar-refractivity contribution >= 4 is 16.6 Å². The largest absolute Gasteiger partial charge is 0.298 e. The molecule has 0 heterocycles. The molecule has 1 atom stereocenters. The first-order valence-electron chi connectivity index (χ1n) is 8.85. The average Bonchev–Trinajstić information content (AvgIpc) is 2.61. The number of carbonyl (C=O) groups is 1. The van der Waals surface area contributed by atoms with Crippen LogP contribution in [0.2, 0.25) is 0 Å². The Bertz CT molecular complexity index is 854. The lowest BCUT2D eigenvalue weighted by Gasteiger charge is -2.34. The van der Waals surface area contributed by atoms with Crippen LogP contribution < -0.4 is 0 Å². The van der Waals surface area contributed by atoms with Crippen LogP contribution in [0.15, 0.2) is 72.8 Å². The topological polar surface area (TPSA) is 20.3 Å². The van der Waals surface area contributed by atoms with Crippen molar-refractivity contribution in [2.75, 3.05) is 0 Å². The second-order valence-corrected chi connectivity index (χ2v) is 6.87. The summed E-state index contributed by atoms with van der Waals surface area (Å²) in [5.41, 5.74) is 2.29. The lowest BCUT2D eigenvalue weighted by Crippen LogP contribution is -2.37. The molecule has 0 saturated heterocycles. The zero-order valence-electron chi connectivity index (χ0n) is 15.1.